The van der Waals surface area contributed by atoms with Gasteiger partial charge in [-0.3, -0.25) is 9.69 Å². The first-order valence-electron chi connectivity index (χ1n) is 8.95. The fourth-order valence-electron chi connectivity index (χ4n) is 4.41. The summed E-state index contributed by atoms with van der Waals surface area (Å²) in [4.78, 5) is 14.9. The minimum atomic E-state index is -1.08. The summed E-state index contributed by atoms with van der Waals surface area (Å²) in [6.45, 7) is 2.16. The van der Waals surface area contributed by atoms with Gasteiger partial charge in [0.2, 0.25) is 0 Å². The maximum Gasteiger partial charge on any atom is 0.252 e. The Hall–Kier alpha value is -0.610. The zero-order valence-electron chi connectivity index (χ0n) is 13.1. The summed E-state index contributed by atoms with van der Waals surface area (Å²) in [5.74, 6) is -0.115. The van der Waals surface area contributed by atoms with E-state index in [-0.39, 0.29) is 11.9 Å². The van der Waals surface area contributed by atoms with Crippen LogP contribution in [0.3, 0.4) is 0 Å². The van der Waals surface area contributed by atoms with Crippen LogP contribution in [-0.4, -0.2) is 46.7 Å². The Morgan fingerprint density at radius 1 is 1.00 bits per heavy atom. The first kappa shape index (κ1) is 15.3. The number of nitrogens with one attached hydrogen (secondary N) is 1. The largest absolute Gasteiger partial charge is 0.380 e. The second kappa shape index (κ2) is 6.66. The first-order valence-corrected chi connectivity index (χ1v) is 8.95. The van der Waals surface area contributed by atoms with Gasteiger partial charge in [0.15, 0.2) is 0 Å². The van der Waals surface area contributed by atoms with Crippen LogP contribution in [-0.2, 0) is 4.79 Å². The average molecular weight is 294 g/mol. The van der Waals surface area contributed by atoms with Gasteiger partial charge in [0, 0.05) is 18.6 Å². The van der Waals surface area contributed by atoms with E-state index in [2.05, 4.69) is 10.2 Å². The van der Waals surface area contributed by atoms with E-state index >= 15 is 0 Å². The second-order valence-electron chi connectivity index (χ2n) is 7.34. The maximum atomic E-state index is 12.3. The van der Waals surface area contributed by atoms with Crippen molar-refractivity contribution in [3.8, 4) is 0 Å². The normalized spacial score (nSPS) is 31.2. The number of likely N-dealkylation sites (tertiary alicyclic amines) is 1. The monoisotopic (exact) mass is 294 g/mol. The van der Waals surface area contributed by atoms with Crippen molar-refractivity contribution in [2.45, 2.75) is 88.3 Å². The van der Waals surface area contributed by atoms with Gasteiger partial charge in [-0.1, -0.05) is 19.3 Å². The van der Waals surface area contributed by atoms with Gasteiger partial charge in [0.1, 0.15) is 5.60 Å². The third-order valence-corrected chi connectivity index (χ3v) is 5.73. The van der Waals surface area contributed by atoms with Crippen LogP contribution in [0.4, 0.5) is 0 Å². The number of hydrogen-bond donors (Lipinski definition) is 2. The van der Waals surface area contributed by atoms with Gasteiger partial charge in [-0.25, -0.2) is 0 Å². The molecule has 0 aromatic rings. The van der Waals surface area contributed by atoms with Gasteiger partial charge in [-0.2, -0.15) is 0 Å². The molecular weight excluding hydrogens is 264 g/mol. The molecule has 0 spiro atoms. The molecule has 0 bridgehead atoms. The Morgan fingerprint density at radius 2 is 1.71 bits per heavy atom. The summed E-state index contributed by atoms with van der Waals surface area (Å²) in [6, 6.07) is 0.964. The number of hydrogen-bond acceptors (Lipinski definition) is 3. The van der Waals surface area contributed by atoms with Crippen molar-refractivity contribution in [1.29, 1.82) is 0 Å². The van der Waals surface area contributed by atoms with E-state index in [1.807, 2.05) is 0 Å². The molecule has 21 heavy (non-hydrogen) atoms. The van der Waals surface area contributed by atoms with Crippen molar-refractivity contribution in [2.24, 2.45) is 0 Å². The van der Waals surface area contributed by atoms with Crippen LogP contribution < -0.4 is 5.32 Å². The molecule has 2 aliphatic carbocycles. The highest BCUT2D eigenvalue weighted by molar-refractivity contribution is 5.85. The van der Waals surface area contributed by atoms with E-state index in [4.69, 9.17) is 0 Å². The third-order valence-electron chi connectivity index (χ3n) is 5.73. The number of piperidine rings is 1. The third kappa shape index (κ3) is 3.59. The average Bonchev–Trinajstić information content (AvgIpc) is 2.97. The molecule has 1 unspecified atom stereocenters. The lowest BCUT2D eigenvalue weighted by Crippen LogP contribution is -2.55. The zero-order chi connectivity index (χ0) is 14.7. The molecule has 0 aromatic heterocycles. The first-order chi connectivity index (χ1) is 10.2. The molecule has 1 saturated heterocycles. The quantitative estimate of drug-likeness (QED) is 0.839. The van der Waals surface area contributed by atoms with Crippen molar-refractivity contribution in [1.82, 2.24) is 10.2 Å². The van der Waals surface area contributed by atoms with E-state index in [9.17, 15) is 9.90 Å². The van der Waals surface area contributed by atoms with Crippen LogP contribution >= 0.6 is 0 Å². The molecule has 120 valence electrons. The van der Waals surface area contributed by atoms with Gasteiger partial charge < -0.3 is 10.4 Å². The summed E-state index contributed by atoms with van der Waals surface area (Å²) < 4.78 is 0. The van der Waals surface area contributed by atoms with Gasteiger partial charge in [-0.05, 0) is 57.9 Å². The summed E-state index contributed by atoms with van der Waals surface area (Å²) in [6.07, 6.45) is 12.2. The Kier molecular flexibility index (Phi) is 4.85. The smallest absolute Gasteiger partial charge is 0.252 e. The molecule has 2 saturated carbocycles. The zero-order valence-corrected chi connectivity index (χ0v) is 13.1. The predicted octanol–water partition coefficient (Wildman–Crippen LogP) is 2.20. The van der Waals surface area contributed by atoms with Crippen LogP contribution in [0.15, 0.2) is 0 Å². The fourth-order valence-corrected chi connectivity index (χ4v) is 4.41. The van der Waals surface area contributed by atoms with E-state index < -0.39 is 5.60 Å². The molecule has 0 aromatic carbocycles. The van der Waals surface area contributed by atoms with Crippen LogP contribution in [0.1, 0.15) is 70.6 Å². The summed E-state index contributed by atoms with van der Waals surface area (Å²) >= 11 is 0. The second-order valence-corrected chi connectivity index (χ2v) is 7.34. The standard InChI is InChI=1S/C17H30N2O2/c20-16(17(21)10-4-5-11-17)18-14-7-6-12-19(13-14)15-8-2-1-3-9-15/h14-15,21H,1-13H2,(H,18,20). The molecule has 1 heterocycles. The molecule has 3 aliphatic rings. The maximum absolute atomic E-state index is 12.3. The number of rotatable bonds is 3. The summed E-state index contributed by atoms with van der Waals surface area (Å²) in [5, 5.41) is 13.5. The molecule has 0 radical (unpaired) electrons. The molecule has 3 rings (SSSR count). The van der Waals surface area contributed by atoms with Gasteiger partial charge >= 0.3 is 0 Å². The Bertz CT molecular complexity index is 360. The van der Waals surface area contributed by atoms with E-state index in [1.54, 1.807) is 0 Å². The molecule has 4 nitrogen and oxygen atoms in total. The van der Waals surface area contributed by atoms with E-state index in [1.165, 1.54) is 45.1 Å². The highest BCUT2D eigenvalue weighted by Crippen LogP contribution is 2.30. The lowest BCUT2D eigenvalue weighted by Gasteiger charge is -2.40. The number of carbonyl (C=O) groups excluding carboxylic acids is 1. The molecule has 2 N–H and O–H groups in total. The minimum absolute atomic E-state index is 0.115. The Labute approximate surface area is 128 Å². The molecule has 1 aliphatic heterocycles. The van der Waals surface area contributed by atoms with Crippen molar-refractivity contribution in [2.75, 3.05) is 13.1 Å². The minimum Gasteiger partial charge on any atom is -0.380 e. The number of aliphatic hydroxyl groups is 1. The van der Waals surface area contributed by atoms with E-state index in [0.29, 0.717) is 12.8 Å². The topological polar surface area (TPSA) is 52.6 Å². The SMILES string of the molecule is O=C(NC1CCCN(C2CCCCC2)C1)C1(O)CCCC1. The highest BCUT2D eigenvalue weighted by Gasteiger charge is 2.40. The molecule has 1 atom stereocenters. The number of carbonyl (C=O) groups is 1. The molecule has 1 amide bonds. The van der Waals surface area contributed by atoms with Crippen molar-refractivity contribution < 1.29 is 9.90 Å². The molecular formula is C17H30N2O2. The van der Waals surface area contributed by atoms with Gasteiger partial charge in [-0.15, -0.1) is 0 Å². The van der Waals surface area contributed by atoms with Crippen LogP contribution in [0.2, 0.25) is 0 Å². The van der Waals surface area contributed by atoms with Crippen LogP contribution in [0.25, 0.3) is 0 Å². The van der Waals surface area contributed by atoms with Crippen molar-refractivity contribution in [3.05, 3.63) is 0 Å². The van der Waals surface area contributed by atoms with E-state index in [0.717, 1.165) is 31.8 Å². The highest BCUT2D eigenvalue weighted by atomic mass is 16.3. The van der Waals surface area contributed by atoms with Crippen molar-refractivity contribution >= 4 is 5.91 Å². The van der Waals surface area contributed by atoms with Crippen molar-refractivity contribution in [3.63, 3.8) is 0 Å². The number of nitrogens with zero attached hydrogens (tertiary/aromatic N) is 1. The molecule has 4 heteroatoms. The summed E-state index contributed by atoms with van der Waals surface area (Å²) in [7, 11) is 0. The van der Waals surface area contributed by atoms with Crippen LogP contribution in [0.5, 0.6) is 0 Å². The summed E-state index contributed by atoms with van der Waals surface area (Å²) in [5.41, 5.74) is -1.08. The lowest BCUT2D eigenvalue weighted by atomic mass is 9.91. The van der Waals surface area contributed by atoms with Gasteiger partial charge in [0.25, 0.3) is 5.91 Å². The number of amides is 1. The predicted molar refractivity (Wildman–Crippen MR) is 83.0 cm³/mol. The Balaban J connectivity index is 1.52. The lowest BCUT2D eigenvalue weighted by molar-refractivity contribution is -0.140. The Morgan fingerprint density at radius 3 is 2.43 bits per heavy atom. The molecule has 3 fully saturated rings. The van der Waals surface area contributed by atoms with Gasteiger partial charge in [0.05, 0.1) is 0 Å². The fraction of sp³-hybridized carbons (Fsp3) is 0.941. The van der Waals surface area contributed by atoms with Crippen LogP contribution in [0, 0.1) is 0 Å².